The van der Waals surface area contributed by atoms with Gasteiger partial charge >= 0.3 is 0 Å². The molecule has 2 rings (SSSR count). The maximum Gasteiger partial charge on any atom is 0.263 e. The standard InChI is InChI=1S/C14H16N2O2S/c1-10-4-5-14(15-9-10)16-19(17,18)13-7-11(2)6-12(3)8-13/h4-9H,1-3H3,(H,15,16). The largest absolute Gasteiger partial charge is 0.263 e. The molecule has 2 aromatic rings. The van der Waals surface area contributed by atoms with Crippen molar-refractivity contribution in [2.75, 3.05) is 4.72 Å². The first-order valence-electron chi connectivity index (χ1n) is 5.90. The first-order chi connectivity index (χ1) is 8.87. The Hall–Kier alpha value is -1.88. The van der Waals surface area contributed by atoms with Gasteiger partial charge in [-0.15, -0.1) is 0 Å². The highest BCUT2D eigenvalue weighted by atomic mass is 32.2. The molecule has 0 saturated carbocycles. The topological polar surface area (TPSA) is 59.1 Å². The van der Waals surface area contributed by atoms with Crippen LogP contribution in [0.2, 0.25) is 0 Å². The predicted molar refractivity (Wildman–Crippen MR) is 75.7 cm³/mol. The summed E-state index contributed by atoms with van der Waals surface area (Å²) >= 11 is 0. The molecule has 4 nitrogen and oxygen atoms in total. The quantitative estimate of drug-likeness (QED) is 0.937. The minimum absolute atomic E-state index is 0.257. The van der Waals surface area contributed by atoms with Gasteiger partial charge in [-0.25, -0.2) is 13.4 Å². The molecule has 0 bridgehead atoms. The summed E-state index contributed by atoms with van der Waals surface area (Å²) < 4.78 is 27.0. The number of nitrogens with zero attached hydrogens (tertiary/aromatic N) is 1. The zero-order valence-corrected chi connectivity index (χ0v) is 12.0. The molecule has 0 atom stereocenters. The van der Waals surface area contributed by atoms with E-state index in [-0.39, 0.29) is 4.90 Å². The molecule has 19 heavy (non-hydrogen) atoms. The predicted octanol–water partition coefficient (Wildman–Crippen LogP) is 2.81. The third-order valence-corrected chi connectivity index (χ3v) is 3.99. The van der Waals surface area contributed by atoms with Crippen LogP contribution in [0.3, 0.4) is 0 Å². The van der Waals surface area contributed by atoms with Crippen LogP contribution in [-0.4, -0.2) is 13.4 Å². The van der Waals surface area contributed by atoms with Crippen LogP contribution >= 0.6 is 0 Å². The van der Waals surface area contributed by atoms with E-state index in [0.29, 0.717) is 5.82 Å². The van der Waals surface area contributed by atoms with Crippen LogP contribution < -0.4 is 4.72 Å². The lowest BCUT2D eigenvalue weighted by Gasteiger charge is -2.09. The van der Waals surface area contributed by atoms with Gasteiger partial charge in [0.2, 0.25) is 0 Å². The summed E-state index contributed by atoms with van der Waals surface area (Å²) in [4.78, 5) is 4.30. The molecule has 0 spiro atoms. The normalized spacial score (nSPS) is 11.3. The van der Waals surface area contributed by atoms with Crippen molar-refractivity contribution < 1.29 is 8.42 Å². The molecule has 0 aliphatic carbocycles. The summed E-state index contributed by atoms with van der Waals surface area (Å²) in [6.07, 6.45) is 1.62. The number of pyridine rings is 1. The number of nitrogens with one attached hydrogen (secondary N) is 1. The first-order valence-corrected chi connectivity index (χ1v) is 7.39. The molecule has 1 heterocycles. The molecule has 0 saturated heterocycles. The van der Waals surface area contributed by atoms with Crippen LogP contribution in [0.15, 0.2) is 41.4 Å². The number of sulfonamides is 1. The Morgan fingerprint density at radius 3 is 2.11 bits per heavy atom. The fourth-order valence-corrected chi connectivity index (χ4v) is 3.01. The highest BCUT2D eigenvalue weighted by molar-refractivity contribution is 7.92. The van der Waals surface area contributed by atoms with Crippen LogP contribution in [0, 0.1) is 20.8 Å². The summed E-state index contributed by atoms with van der Waals surface area (Å²) in [7, 11) is -3.58. The van der Waals surface area contributed by atoms with E-state index < -0.39 is 10.0 Å². The van der Waals surface area contributed by atoms with E-state index in [0.717, 1.165) is 16.7 Å². The molecule has 1 aromatic heterocycles. The minimum atomic E-state index is -3.58. The molecule has 0 aliphatic rings. The molecule has 100 valence electrons. The number of benzene rings is 1. The van der Waals surface area contributed by atoms with Crippen molar-refractivity contribution in [3.05, 3.63) is 53.2 Å². The van der Waals surface area contributed by atoms with Crippen molar-refractivity contribution in [1.29, 1.82) is 0 Å². The maximum atomic E-state index is 12.2. The van der Waals surface area contributed by atoms with Gasteiger partial charge in [0, 0.05) is 6.20 Å². The van der Waals surface area contributed by atoms with E-state index in [1.807, 2.05) is 32.9 Å². The molecule has 1 N–H and O–H groups in total. The Labute approximate surface area is 113 Å². The van der Waals surface area contributed by atoms with Crippen molar-refractivity contribution in [1.82, 2.24) is 4.98 Å². The average Bonchev–Trinajstić information content (AvgIpc) is 2.31. The number of anilines is 1. The number of aromatic nitrogens is 1. The monoisotopic (exact) mass is 276 g/mol. The zero-order chi connectivity index (χ0) is 14.0. The molecular formula is C14H16N2O2S. The van der Waals surface area contributed by atoms with Crippen molar-refractivity contribution in [3.63, 3.8) is 0 Å². The Morgan fingerprint density at radius 1 is 0.947 bits per heavy atom. The molecule has 0 fully saturated rings. The maximum absolute atomic E-state index is 12.2. The molecule has 5 heteroatoms. The number of hydrogen-bond donors (Lipinski definition) is 1. The minimum Gasteiger partial charge on any atom is -0.263 e. The van der Waals surface area contributed by atoms with Gasteiger partial charge in [-0.3, -0.25) is 4.72 Å². The van der Waals surface area contributed by atoms with Gasteiger partial charge in [-0.1, -0.05) is 12.1 Å². The molecule has 0 unspecified atom stereocenters. The Balaban J connectivity index is 2.34. The Kier molecular flexibility index (Phi) is 3.57. The van der Waals surface area contributed by atoms with Crippen LogP contribution in [0.5, 0.6) is 0 Å². The highest BCUT2D eigenvalue weighted by Crippen LogP contribution is 2.17. The second-order valence-electron chi connectivity index (χ2n) is 4.65. The molecule has 1 aromatic carbocycles. The van der Waals surface area contributed by atoms with Gasteiger partial charge in [0.05, 0.1) is 4.90 Å². The van der Waals surface area contributed by atoms with Crippen LogP contribution in [0.1, 0.15) is 16.7 Å². The van der Waals surface area contributed by atoms with E-state index in [9.17, 15) is 8.42 Å². The lowest BCUT2D eigenvalue weighted by atomic mass is 10.2. The zero-order valence-electron chi connectivity index (χ0n) is 11.1. The summed E-state index contributed by atoms with van der Waals surface area (Å²) in [6.45, 7) is 5.64. The van der Waals surface area contributed by atoms with Gasteiger partial charge < -0.3 is 0 Å². The van der Waals surface area contributed by atoms with Gasteiger partial charge in [-0.05, 0) is 55.7 Å². The molecule has 0 aliphatic heterocycles. The van der Waals surface area contributed by atoms with Crippen molar-refractivity contribution >= 4 is 15.8 Å². The Bertz CT molecular complexity index is 672. The van der Waals surface area contributed by atoms with Gasteiger partial charge in [0.15, 0.2) is 0 Å². The van der Waals surface area contributed by atoms with E-state index in [1.54, 1.807) is 24.4 Å². The first kappa shape index (κ1) is 13.5. The second kappa shape index (κ2) is 5.01. The lowest BCUT2D eigenvalue weighted by Crippen LogP contribution is -2.14. The number of aryl methyl sites for hydroxylation is 3. The van der Waals surface area contributed by atoms with Crippen LogP contribution in [0.4, 0.5) is 5.82 Å². The summed E-state index contributed by atoms with van der Waals surface area (Å²) in [5.74, 6) is 0.324. The van der Waals surface area contributed by atoms with Gasteiger partial charge in [0.1, 0.15) is 5.82 Å². The third kappa shape index (κ3) is 3.32. The molecular weight excluding hydrogens is 260 g/mol. The number of rotatable bonds is 3. The van der Waals surface area contributed by atoms with Crippen molar-refractivity contribution in [3.8, 4) is 0 Å². The smallest absolute Gasteiger partial charge is 0.263 e. The molecule has 0 radical (unpaired) electrons. The van der Waals surface area contributed by atoms with E-state index in [4.69, 9.17) is 0 Å². The summed E-state index contributed by atoms with van der Waals surface area (Å²) in [6, 6.07) is 8.68. The van der Waals surface area contributed by atoms with Crippen LogP contribution in [0.25, 0.3) is 0 Å². The van der Waals surface area contributed by atoms with E-state index in [2.05, 4.69) is 9.71 Å². The van der Waals surface area contributed by atoms with Crippen LogP contribution in [-0.2, 0) is 10.0 Å². The van der Waals surface area contributed by atoms with Crippen molar-refractivity contribution in [2.45, 2.75) is 25.7 Å². The van der Waals surface area contributed by atoms with Gasteiger partial charge in [-0.2, -0.15) is 0 Å². The average molecular weight is 276 g/mol. The fourth-order valence-electron chi connectivity index (χ4n) is 1.81. The summed E-state index contributed by atoms with van der Waals surface area (Å²) in [5, 5.41) is 0. The fraction of sp³-hybridized carbons (Fsp3) is 0.214. The van der Waals surface area contributed by atoms with Crippen molar-refractivity contribution in [2.24, 2.45) is 0 Å². The second-order valence-corrected chi connectivity index (χ2v) is 6.33. The SMILES string of the molecule is Cc1ccc(NS(=O)(=O)c2cc(C)cc(C)c2)nc1. The van der Waals surface area contributed by atoms with Gasteiger partial charge in [0.25, 0.3) is 10.0 Å². The Morgan fingerprint density at radius 2 is 1.58 bits per heavy atom. The molecule has 0 amide bonds. The third-order valence-electron chi connectivity index (χ3n) is 2.66. The van der Waals surface area contributed by atoms with E-state index >= 15 is 0 Å². The lowest BCUT2D eigenvalue weighted by molar-refractivity contribution is 0.601. The summed E-state index contributed by atoms with van der Waals surface area (Å²) in [5.41, 5.74) is 2.81. The van der Waals surface area contributed by atoms with E-state index in [1.165, 1.54) is 0 Å². The highest BCUT2D eigenvalue weighted by Gasteiger charge is 2.15. The number of hydrogen-bond acceptors (Lipinski definition) is 3.